The van der Waals surface area contributed by atoms with Crippen molar-refractivity contribution in [1.82, 2.24) is 9.88 Å². The van der Waals surface area contributed by atoms with Crippen LogP contribution in [0.4, 0.5) is 5.82 Å². The first-order valence-corrected chi connectivity index (χ1v) is 5.35. The van der Waals surface area contributed by atoms with E-state index in [0.717, 1.165) is 0 Å². The summed E-state index contributed by atoms with van der Waals surface area (Å²) in [6, 6.07) is 3.52. The lowest BCUT2D eigenvalue weighted by Gasteiger charge is -2.33. The van der Waals surface area contributed by atoms with Crippen LogP contribution in [0.15, 0.2) is 23.3 Å². The van der Waals surface area contributed by atoms with Crippen molar-refractivity contribution in [2.75, 3.05) is 24.5 Å². The van der Waals surface area contributed by atoms with Crippen molar-refractivity contribution >= 4 is 17.7 Å². The summed E-state index contributed by atoms with van der Waals surface area (Å²) in [6.07, 6.45) is 7.01. The van der Waals surface area contributed by atoms with Gasteiger partial charge in [0, 0.05) is 12.7 Å². The fourth-order valence-electron chi connectivity index (χ4n) is 2.11. The minimum Gasteiger partial charge on any atom is -0.284 e. The zero-order valence-electron chi connectivity index (χ0n) is 9.13. The number of guanidine groups is 1. The molecule has 2 aliphatic heterocycles. The van der Waals surface area contributed by atoms with E-state index in [-0.39, 0.29) is 5.91 Å². The summed E-state index contributed by atoms with van der Waals surface area (Å²) in [6.45, 7) is 1.60. The maximum absolute atomic E-state index is 12.2. The summed E-state index contributed by atoms with van der Waals surface area (Å²) in [7, 11) is 0. The fourth-order valence-corrected chi connectivity index (χ4v) is 2.11. The molecule has 0 bridgehead atoms. The second kappa shape index (κ2) is 3.59. The van der Waals surface area contributed by atoms with Gasteiger partial charge >= 0.3 is 0 Å². The number of amides is 1. The Hall–Kier alpha value is -2.35. The van der Waals surface area contributed by atoms with Gasteiger partial charge in [0.2, 0.25) is 5.96 Å². The Balaban J connectivity index is 2.17. The molecule has 3 heterocycles. The van der Waals surface area contributed by atoms with Gasteiger partial charge in [-0.05, 0) is 12.1 Å². The number of aliphatic imine (C=N–C) groups is 1. The molecule has 1 aromatic rings. The van der Waals surface area contributed by atoms with E-state index in [4.69, 9.17) is 6.42 Å². The molecule has 0 N–H and O–H groups in total. The first kappa shape index (κ1) is 9.85. The van der Waals surface area contributed by atoms with Crippen LogP contribution in [0.1, 0.15) is 10.4 Å². The number of carbonyl (C=O) groups excluding carboxylic acids is 1. The SMILES string of the molecule is C#CCN1C2=NCCN2C(=O)c2cccnc21. The standard InChI is InChI=1S/C12H10N4O/c1-2-7-15-10-9(4-3-5-13-10)11(17)16-8-6-14-12(15)16/h1,3-5H,6-8H2. The third kappa shape index (κ3) is 1.31. The Morgan fingerprint density at radius 3 is 3.24 bits per heavy atom. The number of hydrogen-bond acceptors (Lipinski definition) is 4. The van der Waals surface area contributed by atoms with E-state index in [1.54, 1.807) is 23.2 Å². The van der Waals surface area contributed by atoms with Crippen molar-refractivity contribution in [3.63, 3.8) is 0 Å². The molecule has 0 fully saturated rings. The summed E-state index contributed by atoms with van der Waals surface area (Å²) in [4.78, 5) is 24.2. The summed E-state index contributed by atoms with van der Waals surface area (Å²) in [5, 5.41) is 0. The third-order valence-corrected chi connectivity index (χ3v) is 2.83. The highest BCUT2D eigenvalue weighted by Gasteiger charge is 2.37. The van der Waals surface area contributed by atoms with E-state index in [9.17, 15) is 4.79 Å². The molecular formula is C12H10N4O. The molecule has 0 saturated heterocycles. The van der Waals surface area contributed by atoms with Gasteiger partial charge in [-0.2, -0.15) is 0 Å². The van der Waals surface area contributed by atoms with Crippen molar-refractivity contribution < 1.29 is 4.79 Å². The van der Waals surface area contributed by atoms with Gasteiger partial charge in [-0.1, -0.05) is 5.92 Å². The molecule has 5 nitrogen and oxygen atoms in total. The van der Waals surface area contributed by atoms with Crippen molar-refractivity contribution in [1.29, 1.82) is 0 Å². The van der Waals surface area contributed by atoms with Gasteiger partial charge in [-0.15, -0.1) is 6.42 Å². The Morgan fingerprint density at radius 1 is 1.53 bits per heavy atom. The van der Waals surface area contributed by atoms with Crippen molar-refractivity contribution in [3.05, 3.63) is 23.9 Å². The normalized spacial score (nSPS) is 17.4. The molecule has 17 heavy (non-hydrogen) atoms. The van der Waals surface area contributed by atoms with Crippen LogP contribution < -0.4 is 4.90 Å². The Morgan fingerprint density at radius 2 is 2.41 bits per heavy atom. The number of fused-ring (bicyclic) bond motifs is 2. The van der Waals surface area contributed by atoms with Gasteiger partial charge in [0.15, 0.2) is 0 Å². The van der Waals surface area contributed by atoms with E-state index in [1.165, 1.54) is 0 Å². The second-order valence-corrected chi connectivity index (χ2v) is 3.80. The number of carbonyl (C=O) groups is 1. The van der Waals surface area contributed by atoms with E-state index < -0.39 is 0 Å². The van der Waals surface area contributed by atoms with Crippen LogP contribution in [-0.4, -0.2) is 41.4 Å². The summed E-state index contributed by atoms with van der Waals surface area (Å²) in [5.74, 6) is 3.76. The number of anilines is 1. The average molecular weight is 226 g/mol. The summed E-state index contributed by atoms with van der Waals surface area (Å²) in [5.41, 5.74) is 0.587. The smallest absolute Gasteiger partial charge is 0.264 e. The van der Waals surface area contributed by atoms with Gasteiger partial charge in [0.25, 0.3) is 5.91 Å². The quantitative estimate of drug-likeness (QED) is 0.649. The predicted molar refractivity (Wildman–Crippen MR) is 63.8 cm³/mol. The van der Waals surface area contributed by atoms with Crippen molar-refractivity contribution in [2.45, 2.75) is 0 Å². The minimum atomic E-state index is -0.0439. The number of pyridine rings is 1. The lowest BCUT2D eigenvalue weighted by atomic mass is 10.1. The molecule has 3 rings (SSSR count). The van der Waals surface area contributed by atoms with E-state index in [2.05, 4.69) is 15.9 Å². The first-order valence-electron chi connectivity index (χ1n) is 5.35. The lowest BCUT2D eigenvalue weighted by molar-refractivity contribution is 0.0851. The number of hydrogen-bond donors (Lipinski definition) is 0. The average Bonchev–Trinajstić information content (AvgIpc) is 2.84. The molecule has 0 unspecified atom stereocenters. The number of nitrogens with zero attached hydrogens (tertiary/aromatic N) is 4. The largest absolute Gasteiger partial charge is 0.284 e. The number of rotatable bonds is 1. The van der Waals surface area contributed by atoms with Crippen LogP contribution >= 0.6 is 0 Å². The first-order chi connectivity index (χ1) is 8.33. The minimum absolute atomic E-state index is 0.0439. The van der Waals surface area contributed by atoms with Crippen LogP contribution in [0.2, 0.25) is 0 Å². The molecule has 0 aromatic carbocycles. The Labute approximate surface area is 98.8 Å². The molecule has 0 spiro atoms. The molecule has 0 atom stereocenters. The highest BCUT2D eigenvalue weighted by molar-refractivity contribution is 6.18. The monoisotopic (exact) mass is 226 g/mol. The highest BCUT2D eigenvalue weighted by Crippen LogP contribution is 2.27. The van der Waals surface area contributed by atoms with Crippen LogP contribution in [0.25, 0.3) is 0 Å². The van der Waals surface area contributed by atoms with Gasteiger partial charge in [0.05, 0.1) is 18.7 Å². The van der Waals surface area contributed by atoms with Crippen molar-refractivity contribution in [2.24, 2.45) is 4.99 Å². The highest BCUT2D eigenvalue weighted by atomic mass is 16.2. The topological polar surface area (TPSA) is 48.8 Å². The molecular weight excluding hydrogens is 216 g/mol. The number of aromatic nitrogens is 1. The van der Waals surface area contributed by atoms with Gasteiger partial charge < -0.3 is 0 Å². The maximum Gasteiger partial charge on any atom is 0.264 e. The van der Waals surface area contributed by atoms with Gasteiger partial charge in [-0.25, -0.2) is 4.98 Å². The predicted octanol–water partition coefficient (Wildman–Crippen LogP) is 0.347. The number of terminal acetylenes is 1. The molecule has 84 valence electrons. The Kier molecular flexibility index (Phi) is 2.08. The molecule has 0 aliphatic carbocycles. The van der Waals surface area contributed by atoms with Crippen LogP contribution in [0.5, 0.6) is 0 Å². The Bertz CT molecular complexity index is 558. The van der Waals surface area contributed by atoms with Crippen LogP contribution in [-0.2, 0) is 0 Å². The fraction of sp³-hybridized carbons (Fsp3) is 0.250. The zero-order valence-corrected chi connectivity index (χ0v) is 9.13. The van der Waals surface area contributed by atoms with E-state index >= 15 is 0 Å². The molecule has 0 radical (unpaired) electrons. The lowest BCUT2D eigenvalue weighted by Crippen LogP contribution is -2.50. The van der Waals surface area contributed by atoms with Gasteiger partial charge in [0.1, 0.15) is 5.82 Å². The van der Waals surface area contributed by atoms with Crippen LogP contribution in [0.3, 0.4) is 0 Å². The maximum atomic E-state index is 12.2. The second-order valence-electron chi connectivity index (χ2n) is 3.80. The van der Waals surface area contributed by atoms with E-state index in [0.29, 0.717) is 37.0 Å². The summed E-state index contributed by atoms with van der Waals surface area (Å²) < 4.78 is 0. The molecule has 0 saturated carbocycles. The van der Waals surface area contributed by atoms with Gasteiger partial charge in [-0.3, -0.25) is 19.6 Å². The zero-order chi connectivity index (χ0) is 11.8. The van der Waals surface area contributed by atoms with Crippen LogP contribution in [0, 0.1) is 12.3 Å². The third-order valence-electron chi connectivity index (χ3n) is 2.83. The molecule has 2 aliphatic rings. The van der Waals surface area contributed by atoms with E-state index in [1.807, 2.05) is 4.90 Å². The molecule has 5 heteroatoms. The van der Waals surface area contributed by atoms with Crippen molar-refractivity contribution in [3.8, 4) is 12.3 Å². The summed E-state index contributed by atoms with van der Waals surface area (Å²) >= 11 is 0. The molecule has 1 amide bonds. The molecule has 1 aromatic heterocycles.